The summed E-state index contributed by atoms with van der Waals surface area (Å²) in [5.41, 5.74) is 3.53. The van der Waals surface area contributed by atoms with Gasteiger partial charge in [-0.15, -0.1) is 0 Å². The number of rotatable bonds is 5. The van der Waals surface area contributed by atoms with Crippen molar-refractivity contribution in [1.29, 1.82) is 0 Å². The van der Waals surface area contributed by atoms with Crippen LogP contribution in [-0.4, -0.2) is 35.0 Å². The van der Waals surface area contributed by atoms with E-state index < -0.39 is 12.1 Å². The highest BCUT2D eigenvalue weighted by Gasteiger charge is 2.37. The summed E-state index contributed by atoms with van der Waals surface area (Å²) in [6, 6.07) is 8.35. The molecule has 1 aliphatic rings. The van der Waals surface area contributed by atoms with Gasteiger partial charge in [-0.25, -0.2) is 4.79 Å². The summed E-state index contributed by atoms with van der Waals surface area (Å²) < 4.78 is 0. The van der Waals surface area contributed by atoms with Gasteiger partial charge in [0.15, 0.2) is 0 Å². The molecule has 5 nitrogen and oxygen atoms in total. The van der Waals surface area contributed by atoms with Crippen LogP contribution in [0.5, 0.6) is 0 Å². The molecule has 1 saturated heterocycles. The number of nitrogens with one attached hydrogen (secondary N) is 2. The molecule has 1 atom stereocenters. The van der Waals surface area contributed by atoms with Crippen LogP contribution in [0.3, 0.4) is 0 Å². The molecule has 2 rings (SSSR count). The van der Waals surface area contributed by atoms with E-state index >= 15 is 0 Å². The van der Waals surface area contributed by atoms with E-state index in [2.05, 4.69) is 10.7 Å². The first-order valence-electron chi connectivity index (χ1n) is 5.67. The number of anilines is 1. The van der Waals surface area contributed by atoms with E-state index in [0.717, 1.165) is 10.8 Å². The van der Waals surface area contributed by atoms with Crippen molar-refractivity contribution in [2.75, 3.05) is 17.4 Å². The number of carbonyl (C=O) groups excluding carboxylic acids is 2. The Labute approximate surface area is 110 Å². The number of hydrazine groups is 1. The molecule has 1 aromatic carbocycles. The van der Waals surface area contributed by atoms with Gasteiger partial charge in [-0.3, -0.25) is 10.2 Å². The van der Waals surface area contributed by atoms with Gasteiger partial charge in [0.1, 0.15) is 6.04 Å². The second kappa shape index (κ2) is 5.77. The van der Waals surface area contributed by atoms with Crippen molar-refractivity contribution < 1.29 is 9.59 Å². The Bertz CT molecular complexity index is 438. The number of para-hydroxylation sites is 1. The van der Waals surface area contributed by atoms with Gasteiger partial charge in [0.2, 0.25) is 0 Å². The van der Waals surface area contributed by atoms with Gasteiger partial charge in [-0.1, -0.05) is 18.2 Å². The molecule has 0 bridgehead atoms. The number of amides is 3. The van der Waals surface area contributed by atoms with Gasteiger partial charge >= 0.3 is 6.03 Å². The maximum atomic E-state index is 12.0. The Morgan fingerprint density at radius 1 is 1.33 bits per heavy atom. The molecule has 0 radical (unpaired) electrons. The minimum atomic E-state index is -0.416. The molecule has 1 unspecified atom stereocenters. The number of urea groups is 1. The Kier molecular flexibility index (Phi) is 4.09. The van der Waals surface area contributed by atoms with E-state index in [1.165, 1.54) is 0 Å². The van der Waals surface area contributed by atoms with Gasteiger partial charge in [-0.05, 0) is 30.6 Å². The Morgan fingerprint density at radius 3 is 2.72 bits per heavy atom. The summed E-state index contributed by atoms with van der Waals surface area (Å²) in [5, 5.41) is 3.71. The molecule has 1 heterocycles. The molecule has 0 aromatic heterocycles. The molecule has 18 heavy (non-hydrogen) atoms. The zero-order valence-electron chi connectivity index (χ0n) is 10.1. The minimum Gasteiger partial charge on any atom is -0.324 e. The first-order valence-corrected chi connectivity index (χ1v) is 7.07. The van der Waals surface area contributed by atoms with Crippen LogP contribution in [0.4, 0.5) is 10.5 Å². The van der Waals surface area contributed by atoms with E-state index in [-0.39, 0.29) is 5.91 Å². The zero-order chi connectivity index (χ0) is 13.0. The van der Waals surface area contributed by atoms with Gasteiger partial charge in [0.25, 0.3) is 5.91 Å². The first kappa shape index (κ1) is 12.8. The molecule has 1 aromatic rings. The lowest BCUT2D eigenvalue weighted by molar-refractivity contribution is -0.126. The average molecular weight is 265 g/mol. The number of hydrogen-bond donors (Lipinski definition) is 2. The molecule has 3 amide bonds. The van der Waals surface area contributed by atoms with E-state index in [1.54, 1.807) is 23.9 Å². The van der Waals surface area contributed by atoms with Gasteiger partial charge in [0, 0.05) is 0 Å². The fraction of sp³-hybridized carbons (Fsp3) is 0.333. The van der Waals surface area contributed by atoms with E-state index in [4.69, 9.17) is 0 Å². The monoisotopic (exact) mass is 265 g/mol. The number of thioether (sulfide) groups is 1. The van der Waals surface area contributed by atoms with Crippen molar-refractivity contribution >= 4 is 29.4 Å². The predicted octanol–water partition coefficient (Wildman–Crippen LogP) is 1.69. The third kappa shape index (κ3) is 2.76. The lowest BCUT2D eigenvalue weighted by Crippen LogP contribution is -2.36. The zero-order valence-corrected chi connectivity index (χ0v) is 10.9. The highest BCUT2D eigenvalue weighted by molar-refractivity contribution is 7.98. The van der Waals surface area contributed by atoms with Crippen LogP contribution >= 0.6 is 11.8 Å². The Hall–Kier alpha value is -1.69. The summed E-state index contributed by atoms with van der Waals surface area (Å²) in [7, 11) is 0. The average Bonchev–Trinajstić information content (AvgIpc) is 2.65. The second-order valence-corrected chi connectivity index (χ2v) is 4.92. The summed E-state index contributed by atoms with van der Waals surface area (Å²) in [5.74, 6) is 0.619. The normalized spacial score (nSPS) is 18.9. The van der Waals surface area contributed by atoms with E-state index in [1.807, 2.05) is 24.5 Å². The molecule has 96 valence electrons. The minimum absolute atomic E-state index is 0.224. The van der Waals surface area contributed by atoms with Crippen molar-refractivity contribution in [2.45, 2.75) is 12.5 Å². The lowest BCUT2D eigenvalue weighted by atomic mass is 10.2. The molecule has 1 aliphatic heterocycles. The number of hydrogen-bond acceptors (Lipinski definition) is 4. The SMILES string of the molecule is CSCCC1NC(=O)N(Nc2ccccc2)C1=O. The Morgan fingerprint density at radius 2 is 2.06 bits per heavy atom. The summed E-state index contributed by atoms with van der Waals surface area (Å²) in [6.45, 7) is 0. The van der Waals surface area contributed by atoms with Crippen LogP contribution < -0.4 is 10.7 Å². The third-order valence-corrected chi connectivity index (χ3v) is 3.29. The summed E-state index contributed by atoms with van der Waals surface area (Å²) in [4.78, 5) is 23.7. The number of nitrogens with zero attached hydrogens (tertiary/aromatic N) is 1. The highest BCUT2D eigenvalue weighted by atomic mass is 32.2. The van der Waals surface area contributed by atoms with Crippen LogP contribution in [0.2, 0.25) is 0 Å². The highest BCUT2D eigenvalue weighted by Crippen LogP contribution is 2.14. The Balaban J connectivity index is 2.01. The molecule has 0 aliphatic carbocycles. The number of carbonyl (C=O) groups is 2. The standard InChI is InChI=1S/C12H15N3O2S/c1-18-8-7-10-11(16)15(12(17)13-10)14-9-5-3-2-4-6-9/h2-6,10,14H,7-8H2,1H3,(H,13,17). The molecular formula is C12H15N3O2S. The van der Waals surface area contributed by atoms with Crippen molar-refractivity contribution in [1.82, 2.24) is 10.3 Å². The van der Waals surface area contributed by atoms with E-state index in [9.17, 15) is 9.59 Å². The van der Waals surface area contributed by atoms with Crippen LogP contribution in [0.15, 0.2) is 30.3 Å². The van der Waals surface area contributed by atoms with Crippen LogP contribution in [0, 0.1) is 0 Å². The second-order valence-electron chi connectivity index (χ2n) is 3.94. The van der Waals surface area contributed by atoms with Crippen LogP contribution in [0.1, 0.15) is 6.42 Å². The smallest absolute Gasteiger partial charge is 0.324 e. The van der Waals surface area contributed by atoms with Crippen molar-refractivity contribution in [3.63, 3.8) is 0 Å². The largest absolute Gasteiger partial charge is 0.344 e. The summed E-state index contributed by atoms with van der Waals surface area (Å²) >= 11 is 1.65. The van der Waals surface area contributed by atoms with E-state index in [0.29, 0.717) is 12.1 Å². The topological polar surface area (TPSA) is 61.4 Å². The third-order valence-electron chi connectivity index (χ3n) is 2.64. The maximum Gasteiger partial charge on any atom is 0.344 e. The molecule has 1 fully saturated rings. The quantitative estimate of drug-likeness (QED) is 0.795. The van der Waals surface area contributed by atoms with Gasteiger partial charge in [0.05, 0.1) is 5.69 Å². The summed E-state index contributed by atoms with van der Waals surface area (Å²) in [6.07, 6.45) is 2.62. The fourth-order valence-corrected chi connectivity index (χ4v) is 2.18. The van der Waals surface area contributed by atoms with Crippen molar-refractivity contribution in [2.24, 2.45) is 0 Å². The molecule has 6 heteroatoms. The predicted molar refractivity (Wildman–Crippen MR) is 72.2 cm³/mol. The lowest BCUT2D eigenvalue weighted by Gasteiger charge is -2.15. The van der Waals surface area contributed by atoms with Crippen molar-refractivity contribution in [3.05, 3.63) is 30.3 Å². The molecule has 0 saturated carbocycles. The molecular weight excluding hydrogens is 250 g/mol. The van der Waals surface area contributed by atoms with Crippen LogP contribution in [-0.2, 0) is 4.79 Å². The maximum absolute atomic E-state index is 12.0. The van der Waals surface area contributed by atoms with Crippen molar-refractivity contribution in [3.8, 4) is 0 Å². The van der Waals surface area contributed by atoms with Gasteiger partial charge < -0.3 is 5.32 Å². The first-order chi connectivity index (χ1) is 8.72. The fourth-order valence-electron chi connectivity index (χ4n) is 1.71. The van der Waals surface area contributed by atoms with Crippen LogP contribution in [0.25, 0.3) is 0 Å². The number of imide groups is 1. The van der Waals surface area contributed by atoms with Gasteiger partial charge in [-0.2, -0.15) is 16.8 Å². The molecule has 0 spiro atoms. The molecule has 2 N–H and O–H groups in total. The number of benzene rings is 1.